The number of rotatable bonds is 1. The van der Waals surface area contributed by atoms with Crippen LogP contribution in [-0.4, -0.2) is 29.8 Å². The van der Waals surface area contributed by atoms with E-state index in [2.05, 4.69) is 17.5 Å². The van der Waals surface area contributed by atoms with Crippen molar-refractivity contribution in [2.45, 2.75) is 24.2 Å². The predicted molar refractivity (Wildman–Crippen MR) is 53.8 cm³/mol. The minimum atomic E-state index is -4.71. The van der Waals surface area contributed by atoms with Crippen LogP contribution in [-0.2, 0) is 4.74 Å². The normalized spacial score (nSPS) is 35.1. The molecule has 0 amide bonds. The van der Waals surface area contributed by atoms with E-state index in [1.807, 2.05) is 0 Å². The number of halogens is 3. The summed E-state index contributed by atoms with van der Waals surface area (Å²) in [7, 11) is 0. The van der Waals surface area contributed by atoms with Gasteiger partial charge in [-0.3, -0.25) is 0 Å². The molecule has 16 heavy (non-hydrogen) atoms. The Labute approximate surface area is 91.2 Å². The van der Waals surface area contributed by atoms with Gasteiger partial charge in [-0.1, -0.05) is 12.5 Å². The molecule has 1 aliphatic rings. The van der Waals surface area contributed by atoms with Gasteiger partial charge in [0.1, 0.15) is 11.4 Å². The summed E-state index contributed by atoms with van der Waals surface area (Å²) in [5.74, 6) is 1.51. The monoisotopic (exact) mass is 232 g/mol. The average molecular weight is 232 g/mol. The molecule has 0 aliphatic carbocycles. The van der Waals surface area contributed by atoms with Crippen LogP contribution < -0.4 is 5.73 Å². The number of hydrogen-bond donors (Lipinski definition) is 1. The molecule has 1 aliphatic heterocycles. The summed E-state index contributed by atoms with van der Waals surface area (Å²) in [6.07, 6.45) is 1.01. The average Bonchev–Trinajstić information content (AvgIpc) is 2.16. The summed E-state index contributed by atoms with van der Waals surface area (Å²) < 4.78 is 43.1. The van der Waals surface area contributed by atoms with E-state index in [1.54, 1.807) is 0 Å². The molecule has 0 aromatic rings. The molecule has 0 fully saturated rings. The smallest absolute Gasteiger partial charge is 0.384 e. The summed E-state index contributed by atoms with van der Waals surface area (Å²) in [6.45, 7) is 4.19. The molecule has 2 atom stereocenters. The largest absolute Gasteiger partial charge is 0.428 e. The number of aliphatic imine (C=N–C) groups is 1. The van der Waals surface area contributed by atoms with E-state index >= 15 is 0 Å². The summed E-state index contributed by atoms with van der Waals surface area (Å²) >= 11 is 0. The van der Waals surface area contributed by atoms with Crippen molar-refractivity contribution < 1.29 is 17.9 Å². The topological polar surface area (TPSA) is 47.6 Å². The molecular weight excluding hydrogens is 221 g/mol. The first-order valence-electron chi connectivity index (χ1n) is 4.38. The third-order valence-electron chi connectivity index (χ3n) is 2.35. The number of ether oxygens (including phenoxy) is 1. The maximum Gasteiger partial charge on any atom is 0.428 e. The Kier molecular flexibility index (Phi) is 2.77. The first-order valence-corrected chi connectivity index (χ1v) is 4.38. The molecule has 1 rings (SSSR count). The Balaban J connectivity index is 3.27. The second-order valence-corrected chi connectivity index (χ2v) is 3.64. The molecular formula is C10H11F3N2O. The van der Waals surface area contributed by atoms with Crippen molar-refractivity contribution in [1.82, 2.24) is 0 Å². The molecule has 0 radical (unpaired) electrons. The zero-order chi connectivity index (χ0) is 12.6. The van der Waals surface area contributed by atoms with Gasteiger partial charge in [0, 0.05) is 0 Å². The van der Waals surface area contributed by atoms with Crippen LogP contribution >= 0.6 is 0 Å². The molecule has 3 nitrogen and oxygen atoms in total. The second-order valence-electron chi connectivity index (χ2n) is 3.64. The predicted octanol–water partition coefficient (Wildman–Crippen LogP) is 1.25. The zero-order valence-corrected chi connectivity index (χ0v) is 8.64. The minimum Gasteiger partial charge on any atom is -0.384 e. The van der Waals surface area contributed by atoms with E-state index in [9.17, 15) is 13.2 Å². The quantitative estimate of drug-likeness (QED) is 0.546. The Hall–Kier alpha value is -1.48. The number of amidine groups is 1. The Morgan fingerprint density at radius 3 is 2.56 bits per heavy atom. The van der Waals surface area contributed by atoms with Gasteiger partial charge in [-0.05, 0) is 13.0 Å². The summed E-state index contributed by atoms with van der Waals surface area (Å²) in [6, 6.07) is 0. The van der Waals surface area contributed by atoms with E-state index < -0.39 is 23.2 Å². The van der Waals surface area contributed by atoms with Gasteiger partial charge in [0.15, 0.2) is 0 Å². The highest BCUT2D eigenvalue weighted by molar-refractivity contribution is 5.93. The first-order chi connectivity index (χ1) is 7.21. The highest BCUT2D eigenvalue weighted by atomic mass is 19.4. The van der Waals surface area contributed by atoms with Crippen LogP contribution in [0, 0.1) is 12.3 Å². The van der Waals surface area contributed by atoms with E-state index in [4.69, 9.17) is 16.9 Å². The summed E-state index contributed by atoms with van der Waals surface area (Å²) in [5, 5.41) is 0. The van der Waals surface area contributed by atoms with E-state index in [0.29, 0.717) is 6.08 Å². The molecule has 0 aromatic heterocycles. The molecule has 0 saturated carbocycles. The fourth-order valence-electron chi connectivity index (χ4n) is 1.29. The van der Waals surface area contributed by atoms with Crippen molar-refractivity contribution in [2.24, 2.45) is 10.7 Å². The molecule has 0 unspecified atom stereocenters. The SMILES string of the molecule is C#C[C@]1(C)CO[C@@](C=C)(C(F)(F)F)C(N)=N1. The van der Waals surface area contributed by atoms with Crippen molar-refractivity contribution in [1.29, 1.82) is 0 Å². The maximum absolute atomic E-state index is 12.8. The van der Waals surface area contributed by atoms with Gasteiger partial charge < -0.3 is 10.5 Å². The maximum atomic E-state index is 12.8. The van der Waals surface area contributed by atoms with Crippen LogP contribution in [0.5, 0.6) is 0 Å². The number of alkyl halides is 3. The molecule has 88 valence electrons. The first kappa shape index (κ1) is 12.6. The number of terminal acetylenes is 1. The van der Waals surface area contributed by atoms with Crippen LogP contribution in [0.3, 0.4) is 0 Å². The lowest BCUT2D eigenvalue weighted by Gasteiger charge is -2.39. The van der Waals surface area contributed by atoms with Crippen LogP contribution in [0.15, 0.2) is 17.6 Å². The fourth-order valence-corrected chi connectivity index (χ4v) is 1.29. The lowest BCUT2D eigenvalue weighted by molar-refractivity contribution is -0.235. The zero-order valence-electron chi connectivity index (χ0n) is 8.64. The van der Waals surface area contributed by atoms with Gasteiger partial charge in [-0.15, -0.1) is 6.42 Å². The van der Waals surface area contributed by atoms with Crippen molar-refractivity contribution in [3.8, 4) is 12.3 Å². The fraction of sp³-hybridized carbons (Fsp3) is 0.500. The third kappa shape index (κ3) is 1.67. The number of nitrogens with zero attached hydrogens (tertiary/aromatic N) is 1. The molecule has 0 spiro atoms. The van der Waals surface area contributed by atoms with Gasteiger partial charge in [0.2, 0.25) is 5.60 Å². The van der Waals surface area contributed by atoms with Gasteiger partial charge in [0.25, 0.3) is 0 Å². The molecule has 1 heterocycles. The number of nitrogens with two attached hydrogens (primary N) is 1. The lowest BCUT2D eigenvalue weighted by Crippen LogP contribution is -2.61. The van der Waals surface area contributed by atoms with Crippen LogP contribution in [0.4, 0.5) is 13.2 Å². The van der Waals surface area contributed by atoms with Gasteiger partial charge in [-0.2, -0.15) is 13.2 Å². The van der Waals surface area contributed by atoms with Crippen molar-refractivity contribution >= 4 is 5.84 Å². The minimum absolute atomic E-state index is 0.365. The van der Waals surface area contributed by atoms with E-state index in [-0.39, 0.29) is 6.61 Å². The van der Waals surface area contributed by atoms with Crippen LogP contribution in [0.2, 0.25) is 0 Å². The van der Waals surface area contributed by atoms with E-state index in [0.717, 1.165) is 0 Å². The highest BCUT2D eigenvalue weighted by Gasteiger charge is 2.60. The highest BCUT2D eigenvalue weighted by Crippen LogP contribution is 2.38. The van der Waals surface area contributed by atoms with Crippen molar-refractivity contribution in [2.75, 3.05) is 6.61 Å². The van der Waals surface area contributed by atoms with Gasteiger partial charge in [-0.25, -0.2) is 4.99 Å². The van der Waals surface area contributed by atoms with E-state index in [1.165, 1.54) is 6.92 Å². The van der Waals surface area contributed by atoms with Crippen LogP contribution in [0.25, 0.3) is 0 Å². The summed E-state index contributed by atoms with van der Waals surface area (Å²) in [4.78, 5) is 3.67. The molecule has 0 aromatic carbocycles. The van der Waals surface area contributed by atoms with Gasteiger partial charge in [0.05, 0.1) is 6.61 Å². The summed E-state index contributed by atoms with van der Waals surface area (Å²) in [5.41, 5.74) is 1.40. The Bertz CT molecular complexity index is 383. The third-order valence-corrected chi connectivity index (χ3v) is 2.35. The second kappa shape index (κ2) is 3.52. The van der Waals surface area contributed by atoms with Crippen LogP contribution in [0.1, 0.15) is 6.92 Å². The molecule has 0 saturated heterocycles. The Morgan fingerprint density at radius 1 is 1.69 bits per heavy atom. The Morgan fingerprint density at radius 2 is 2.25 bits per heavy atom. The lowest BCUT2D eigenvalue weighted by atomic mass is 9.96. The molecule has 6 heteroatoms. The number of hydrogen-bond acceptors (Lipinski definition) is 3. The molecule has 0 bridgehead atoms. The molecule has 2 N–H and O–H groups in total. The van der Waals surface area contributed by atoms with Crippen molar-refractivity contribution in [3.05, 3.63) is 12.7 Å². The van der Waals surface area contributed by atoms with Gasteiger partial charge >= 0.3 is 6.18 Å². The van der Waals surface area contributed by atoms with Crippen molar-refractivity contribution in [3.63, 3.8) is 0 Å². The standard InChI is InChI=1S/C10H11F3N2O/c1-4-8(3)6-16-9(5-2,7(14)15-8)10(11,12)13/h1,5H,2,6H2,3H3,(H2,14,15)/t8-,9-/m1/s1.